The summed E-state index contributed by atoms with van der Waals surface area (Å²) in [6.45, 7) is 4.52. The zero-order valence-electron chi connectivity index (χ0n) is 11.5. The van der Waals surface area contributed by atoms with E-state index in [9.17, 15) is 10.1 Å². The predicted octanol–water partition coefficient (Wildman–Crippen LogP) is 1.66. The van der Waals surface area contributed by atoms with Gasteiger partial charge in [-0.05, 0) is 25.7 Å². The van der Waals surface area contributed by atoms with Crippen molar-refractivity contribution in [1.82, 2.24) is 9.97 Å². The maximum absolute atomic E-state index is 11.2. The van der Waals surface area contributed by atoms with Crippen LogP contribution in [0.5, 0.6) is 0 Å². The Morgan fingerprint density at radius 3 is 2.80 bits per heavy atom. The first-order chi connectivity index (χ1) is 9.72. The Bertz CT molecular complexity index is 462. The van der Waals surface area contributed by atoms with Crippen molar-refractivity contribution in [2.45, 2.75) is 19.8 Å². The molecule has 1 aromatic heterocycles. The summed E-state index contributed by atoms with van der Waals surface area (Å²) in [6.07, 6.45) is 3.41. The topological polar surface area (TPSA) is 102 Å². The van der Waals surface area contributed by atoms with Crippen molar-refractivity contribution < 1.29 is 9.66 Å². The summed E-state index contributed by atoms with van der Waals surface area (Å²) in [6, 6.07) is 0. The molecule has 0 radical (unpaired) electrons. The van der Waals surface area contributed by atoms with Crippen LogP contribution in [0.1, 0.15) is 19.8 Å². The zero-order chi connectivity index (χ0) is 14.4. The molecule has 1 aliphatic heterocycles. The fourth-order valence-electron chi connectivity index (χ4n) is 2.19. The molecule has 0 saturated carbocycles. The lowest BCUT2D eigenvalue weighted by molar-refractivity contribution is -0.383. The van der Waals surface area contributed by atoms with Gasteiger partial charge in [0.15, 0.2) is 0 Å². The first-order valence-electron chi connectivity index (χ1n) is 6.77. The van der Waals surface area contributed by atoms with E-state index in [1.54, 1.807) is 0 Å². The second-order valence-corrected chi connectivity index (χ2v) is 4.67. The molecule has 8 nitrogen and oxygen atoms in total. The number of nitrogens with one attached hydrogen (secondary N) is 2. The summed E-state index contributed by atoms with van der Waals surface area (Å²) < 4.78 is 5.39. The molecule has 0 aliphatic carbocycles. The van der Waals surface area contributed by atoms with E-state index in [1.807, 2.05) is 6.92 Å². The lowest BCUT2D eigenvalue weighted by atomic mass is 10.0. The van der Waals surface area contributed by atoms with Gasteiger partial charge in [0.25, 0.3) is 0 Å². The largest absolute Gasteiger partial charge is 0.381 e. The van der Waals surface area contributed by atoms with Crippen molar-refractivity contribution in [2.24, 2.45) is 5.92 Å². The SMILES string of the molecule is CCNc1ncnc(NCC2CCCOC2)c1[N+](=O)[O-]. The van der Waals surface area contributed by atoms with E-state index < -0.39 is 4.92 Å². The summed E-state index contributed by atoms with van der Waals surface area (Å²) in [5.41, 5.74) is -0.105. The van der Waals surface area contributed by atoms with Crippen LogP contribution in [0.15, 0.2) is 6.33 Å². The van der Waals surface area contributed by atoms with E-state index in [0.717, 1.165) is 19.4 Å². The fraction of sp³-hybridized carbons (Fsp3) is 0.667. The Hall–Kier alpha value is -1.96. The first-order valence-corrected chi connectivity index (χ1v) is 6.77. The van der Waals surface area contributed by atoms with Crippen molar-refractivity contribution in [3.05, 3.63) is 16.4 Å². The van der Waals surface area contributed by atoms with Crippen LogP contribution in [0, 0.1) is 16.0 Å². The van der Waals surface area contributed by atoms with E-state index in [4.69, 9.17) is 4.74 Å². The molecular weight excluding hydrogens is 262 g/mol. The minimum atomic E-state index is -0.461. The van der Waals surface area contributed by atoms with Crippen molar-refractivity contribution in [1.29, 1.82) is 0 Å². The zero-order valence-corrected chi connectivity index (χ0v) is 11.5. The molecule has 1 unspecified atom stereocenters. The highest BCUT2D eigenvalue weighted by atomic mass is 16.6. The summed E-state index contributed by atoms with van der Waals surface area (Å²) in [5.74, 6) is 0.863. The van der Waals surface area contributed by atoms with E-state index >= 15 is 0 Å². The summed E-state index contributed by atoms with van der Waals surface area (Å²) >= 11 is 0. The summed E-state index contributed by atoms with van der Waals surface area (Å²) in [5, 5.41) is 17.1. The maximum atomic E-state index is 11.2. The van der Waals surface area contributed by atoms with Gasteiger partial charge in [0.2, 0.25) is 11.6 Å². The summed E-state index contributed by atoms with van der Waals surface area (Å²) in [7, 11) is 0. The van der Waals surface area contributed by atoms with E-state index in [1.165, 1.54) is 6.33 Å². The minimum absolute atomic E-state index is 0.105. The third-order valence-corrected chi connectivity index (χ3v) is 3.16. The van der Waals surface area contributed by atoms with Crippen LogP contribution in [0.25, 0.3) is 0 Å². The second kappa shape index (κ2) is 6.99. The van der Waals surface area contributed by atoms with Gasteiger partial charge >= 0.3 is 5.69 Å². The van der Waals surface area contributed by atoms with Crippen molar-refractivity contribution in [3.63, 3.8) is 0 Å². The van der Waals surface area contributed by atoms with Crippen LogP contribution in [0.3, 0.4) is 0 Å². The minimum Gasteiger partial charge on any atom is -0.381 e. The second-order valence-electron chi connectivity index (χ2n) is 4.67. The third kappa shape index (κ3) is 3.53. The van der Waals surface area contributed by atoms with Crippen LogP contribution in [-0.4, -0.2) is 41.2 Å². The van der Waals surface area contributed by atoms with Gasteiger partial charge in [0.05, 0.1) is 11.5 Å². The quantitative estimate of drug-likeness (QED) is 0.603. The monoisotopic (exact) mass is 281 g/mol. The van der Waals surface area contributed by atoms with Gasteiger partial charge in [-0.2, -0.15) is 0 Å². The molecule has 1 saturated heterocycles. The van der Waals surface area contributed by atoms with Gasteiger partial charge in [-0.1, -0.05) is 0 Å². The van der Waals surface area contributed by atoms with Crippen molar-refractivity contribution in [3.8, 4) is 0 Å². The lowest BCUT2D eigenvalue weighted by Crippen LogP contribution is -2.25. The molecule has 1 fully saturated rings. The molecule has 0 amide bonds. The molecule has 0 bridgehead atoms. The van der Waals surface area contributed by atoms with Gasteiger partial charge in [-0.25, -0.2) is 9.97 Å². The maximum Gasteiger partial charge on any atom is 0.353 e. The molecule has 8 heteroatoms. The van der Waals surface area contributed by atoms with Crippen LogP contribution in [0.4, 0.5) is 17.3 Å². The third-order valence-electron chi connectivity index (χ3n) is 3.16. The molecule has 0 spiro atoms. The number of nitro groups is 1. The van der Waals surface area contributed by atoms with Crippen LogP contribution in [-0.2, 0) is 4.74 Å². The number of anilines is 2. The standard InChI is InChI=1S/C12H19N5O3/c1-2-13-11-10(17(18)19)12(16-8-15-11)14-6-9-4-3-5-20-7-9/h8-9H,2-7H2,1H3,(H2,13,14,15,16). The van der Waals surface area contributed by atoms with E-state index in [2.05, 4.69) is 20.6 Å². The highest BCUT2D eigenvalue weighted by Crippen LogP contribution is 2.29. The van der Waals surface area contributed by atoms with Crippen LogP contribution in [0.2, 0.25) is 0 Å². The Kier molecular flexibility index (Phi) is 5.05. The Morgan fingerprint density at radius 2 is 2.20 bits per heavy atom. The molecule has 20 heavy (non-hydrogen) atoms. The molecule has 0 aromatic carbocycles. The highest BCUT2D eigenvalue weighted by Gasteiger charge is 2.23. The van der Waals surface area contributed by atoms with Crippen LogP contribution < -0.4 is 10.6 Å². The van der Waals surface area contributed by atoms with E-state index in [-0.39, 0.29) is 17.3 Å². The van der Waals surface area contributed by atoms with Gasteiger partial charge < -0.3 is 15.4 Å². The molecule has 2 heterocycles. The Labute approximate surface area is 117 Å². The van der Waals surface area contributed by atoms with Gasteiger partial charge in [-0.15, -0.1) is 0 Å². The number of hydrogen-bond acceptors (Lipinski definition) is 7. The first kappa shape index (κ1) is 14.4. The molecule has 1 atom stereocenters. The molecule has 1 aromatic rings. The predicted molar refractivity (Wildman–Crippen MR) is 74.9 cm³/mol. The lowest BCUT2D eigenvalue weighted by Gasteiger charge is -2.22. The Morgan fingerprint density at radius 1 is 1.45 bits per heavy atom. The highest BCUT2D eigenvalue weighted by molar-refractivity contribution is 5.69. The van der Waals surface area contributed by atoms with E-state index in [0.29, 0.717) is 25.6 Å². The number of aromatic nitrogens is 2. The number of ether oxygens (including phenoxy) is 1. The summed E-state index contributed by atoms with van der Waals surface area (Å²) in [4.78, 5) is 18.6. The fourth-order valence-corrected chi connectivity index (χ4v) is 2.19. The number of nitrogens with zero attached hydrogens (tertiary/aromatic N) is 3. The molecular formula is C12H19N5O3. The molecule has 1 aliphatic rings. The van der Waals surface area contributed by atoms with Crippen molar-refractivity contribution in [2.75, 3.05) is 36.9 Å². The van der Waals surface area contributed by atoms with Gasteiger partial charge in [-0.3, -0.25) is 10.1 Å². The number of hydrogen-bond donors (Lipinski definition) is 2. The number of rotatable bonds is 6. The average molecular weight is 281 g/mol. The Balaban J connectivity index is 2.09. The van der Waals surface area contributed by atoms with Gasteiger partial charge in [0, 0.05) is 19.7 Å². The van der Waals surface area contributed by atoms with Gasteiger partial charge in [0.1, 0.15) is 6.33 Å². The normalized spacial score (nSPS) is 18.6. The molecule has 110 valence electrons. The molecule has 2 rings (SSSR count). The van der Waals surface area contributed by atoms with Crippen molar-refractivity contribution >= 4 is 17.3 Å². The average Bonchev–Trinajstić information content (AvgIpc) is 2.46. The van der Waals surface area contributed by atoms with Crippen LogP contribution >= 0.6 is 0 Å². The molecule has 2 N–H and O–H groups in total. The smallest absolute Gasteiger partial charge is 0.353 e.